The fraction of sp³-hybridized carbons (Fsp3) is 0.227. The maximum absolute atomic E-state index is 12.7. The average molecular weight is 473 g/mol. The number of hydrogen-bond donors (Lipinski definition) is 1. The number of amides is 1. The van der Waals surface area contributed by atoms with Crippen molar-refractivity contribution in [3.63, 3.8) is 0 Å². The van der Waals surface area contributed by atoms with Crippen LogP contribution in [-0.2, 0) is 9.53 Å². The van der Waals surface area contributed by atoms with Crippen LogP contribution in [0.3, 0.4) is 0 Å². The molecular weight excluding hydrogens is 452 g/mol. The van der Waals surface area contributed by atoms with Gasteiger partial charge in [0, 0.05) is 27.1 Å². The minimum absolute atomic E-state index is 0.0886. The Bertz CT molecular complexity index is 1090. The number of hydrogen-bond acceptors (Lipinski definition) is 5. The molecule has 1 atom stereocenters. The molecule has 0 radical (unpaired) electrons. The van der Waals surface area contributed by atoms with Crippen LogP contribution in [0, 0.1) is 13.8 Å². The van der Waals surface area contributed by atoms with E-state index in [4.69, 9.17) is 9.15 Å². The topological polar surface area (TPSA) is 90.5 Å². The van der Waals surface area contributed by atoms with Crippen molar-refractivity contribution in [1.29, 1.82) is 0 Å². The average Bonchev–Trinajstić information content (AvgIpc) is 3.34. The fourth-order valence-electron chi connectivity index (χ4n) is 3.13. The van der Waals surface area contributed by atoms with Crippen molar-refractivity contribution in [2.24, 2.45) is 0 Å². The highest BCUT2D eigenvalue weighted by Gasteiger charge is 2.22. The highest BCUT2D eigenvalue weighted by Crippen LogP contribution is 2.23. The Labute approximate surface area is 182 Å². The molecule has 0 aliphatic heterocycles. The minimum atomic E-state index is -0.926. The number of ether oxygens (including phenoxy) is 1. The van der Waals surface area contributed by atoms with Crippen LogP contribution in [0.5, 0.6) is 0 Å². The predicted octanol–water partition coefficient (Wildman–Crippen LogP) is 3.99. The summed E-state index contributed by atoms with van der Waals surface area (Å²) in [5.41, 5.74) is 3.04. The maximum Gasteiger partial charge on any atom is 0.328 e. The first-order valence-corrected chi connectivity index (χ1v) is 10.1. The van der Waals surface area contributed by atoms with Crippen LogP contribution in [0.15, 0.2) is 57.6 Å². The first kappa shape index (κ1) is 21.6. The lowest BCUT2D eigenvalue weighted by Crippen LogP contribution is -2.40. The molecule has 0 fully saturated rings. The van der Waals surface area contributed by atoms with E-state index in [9.17, 15) is 14.4 Å². The van der Waals surface area contributed by atoms with E-state index in [2.05, 4.69) is 21.2 Å². The van der Waals surface area contributed by atoms with Gasteiger partial charge in [0.1, 0.15) is 6.04 Å². The lowest BCUT2D eigenvalue weighted by molar-refractivity contribution is -0.144. The van der Waals surface area contributed by atoms with Gasteiger partial charge in [-0.2, -0.15) is 0 Å². The first-order valence-electron chi connectivity index (χ1n) is 9.27. The van der Waals surface area contributed by atoms with Gasteiger partial charge >= 0.3 is 5.97 Å². The summed E-state index contributed by atoms with van der Waals surface area (Å²) in [7, 11) is 0. The SMILES string of the molecule is Cc1cc(C(=O)COC(=O)C(C)NC(=O)c2ccco2)c(C)n1-c1cccc(Br)c1. The Morgan fingerprint density at radius 2 is 1.93 bits per heavy atom. The molecule has 2 aromatic heterocycles. The summed E-state index contributed by atoms with van der Waals surface area (Å²) in [6.07, 6.45) is 1.36. The van der Waals surface area contributed by atoms with Crippen LogP contribution in [0.2, 0.25) is 0 Å². The Hall–Kier alpha value is -3.13. The van der Waals surface area contributed by atoms with E-state index in [1.807, 2.05) is 42.7 Å². The second-order valence-electron chi connectivity index (χ2n) is 6.80. The van der Waals surface area contributed by atoms with E-state index in [0.29, 0.717) is 5.56 Å². The van der Waals surface area contributed by atoms with Crippen LogP contribution in [0.1, 0.15) is 39.2 Å². The number of aromatic nitrogens is 1. The molecular formula is C22H21BrN2O5. The van der Waals surface area contributed by atoms with Gasteiger partial charge in [0.05, 0.1) is 6.26 Å². The number of halogens is 1. The number of nitrogens with one attached hydrogen (secondary N) is 1. The molecule has 0 saturated heterocycles. The van der Waals surface area contributed by atoms with Crippen molar-refractivity contribution in [3.05, 3.63) is 75.9 Å². The van der Waals surface area contributed by atoms with E-state index in [1.165, 1.54) is 19.3 Å². The summed E-state index contributed by atoms with van der Waals surface area (Å²) in [5, 5.41) is 2.47. The monoisotopic (exact) mass is 472 g/mol. The van der Waals surface area contributed by atoms with Gasteiger partial charge in [0.15, 0.2) is 12.4 Å². The van der Waals surface area contributed by atoms with Gasteiger partial charge < -0.3 is 19.0 Å². The molecule has 1 aromatic carbocycles. The number of esters is 1. The number of rotatable bonds is 7. The minimum Gasteiger partial charge on any atom is -0.459 e. The Morgan fingerprint density at radius 3 is 2.60 bits per heavy atom. The third-order valence-electron chi connectivity index (χ3n) is 4.59. The van der Waals surface area contributed by atoms with Gasteiger partial charge in [-0.3, -0.25) is 9.59 Å². The van der Waals surface area contributed by atoms with Crippen LogP contribution in [-0.4, -0.2) is 34.9 Å². The second-order valence-corrected chi connectivity index (χ2v) is 7.72. The van der Waals surface area contributed by atoms with Crippen LogP contribution < -0.4 is 5.32 Å². The molecule has 8 heteroatoms. The van der Waals surface area contributed by atoms with Gasteiger partial charge in [-0.15, -0.1) is 0 Å². The van der Waals surface area contributed by atoms with Gasteiger partial charge in [0.25, 0.3) is 5.91 Å². The zero-order valence-electron chi connectivity index (χ0n) is 16.8. The van der Waals surface area contributed by atoms with Crippen LogP contribution >= 0.6 is 15.9 Å². The Kier molecular flexibility index (Phi) is 6.56. The highest BCUT2D eigenvalue weighted by molar-refractivity contribution is 9.10. The third-order valence-corrected chi connectivity index (χ3v) is 5.08. The molecule has 1 unspecified atom stereocenters. The van der Waals surface area contributed by atoms with E-state index in [-0.39, 0.29) is 11.5 Å². The number of carbonyl (C=O) groups excluding carboxylic acids is 3. The number of aryl methyl sites for hydroxylation is 1. The number of ketones is 1. The highest BCUT2D eigenvalue weighted by atomic mass is 79.9. The molecule has 2 heterocycles. The summed E-state index contributed by atoms with van der Waals surface area (Å²) in [6.45, 7) is 4.81. The largest absolute Gasteiger partial charge is 0.459 e. The number of carbonyl (C=O) groups is 3. The molecule has 0 saturated carbocycles. The molecule has 0 bridgehead atoms. The zero-order valence-corrected chi connectivity index (χ0v) is 18.4. The second kappa shape index (κ2) is 9.13. The summed E-state index contributed by atoms with van der Waals surface area (Å²) < 4.78 is 13.0. The smallest absolute Gasteiger partial charge is 0.328 e. The molecule has 30 heavy (non-hydrogen) atoms. The number of benzene rings is 1. The molecule has 7 nitrogen and oxygen atoms in total. The standard InChI is InChI=1S/C22H21BrN2O5/c1-13-10-18(15(3)25(13)17-7-4-6-16(23)11-17)19(26)12-30-22(28)14(2)24-21(27)20-8-5-9-29-20/h4-11,14H,12H2,1-3H3,(H,24,27). The molecule has 1 N–H and O–H groups in total. The quantitative estimate of drug-likeness (QED) is 0.414. The van der Waals surface area contributed by atoms with Crippen LogP contribution in [0.4, 0.5) is 0 Å². The van der Waals surface area contributed by atoms with Crippen molar-refractivity contribution in [2.75, 3.05) is 6.61 Å². The number of Topliss-reactive ketones (excluding diaryl/α,β-unsaturated/α-hetero) is 1. The summed E-state index contributed by atoms with van der Waals surface area (Å²) in [5.74, 6) is -1.47. The van der Waals surface area contributed by atoms with Gasteiger partial charge in [0.2, 0.25) is 5.78 Å². The van der Waals surface area contributed by atoms with Gasteiger partial charge in [-0.25, -0.2) is 4.79 Å². The van der Waals surface area contributed by atoms with Crippen molar-refractivity contribution in [1.82, 2.24) is 9.88 Å². The van der Waals surface area contributed by atoms with E-state index in [1.54, 1.807) is 12.1 Å². The third kappa shape index (κ3) is 4.71. The summed E-state index contributed by atoms with van der Waals surface area (Å²) >= 11 is 3.45. The molecule has 0 aliphatic rings. The van der Waals surface area contributed by atoms with E-state index >= 15 is 0 Å². The van der Waals surface area contributed by atoms with Gasteiger partial charge in [-0.1, -0.05) is 22.0 Å². The van der Waals surface area contributed by atoms with Gasteiger partial charge in [-0.05, 0) is 57.2 Å². The maximum atomic E-state index is 12.7. The Morgan fingerprint density at radius 1 is 1.17 bits per heavy atom. The lowest BCUT2D eigenvalue weighted by Gasteiger charge is -2.12. The zero-order chi connectivity index (χ0) is 21.8. The van der Waals surface area contributed by atoms with E-state index < -0.39 is 24.5 Å². The molecule has 0 spiro atoms. The molecule has 156 valence electrons. The molecule has 0 aliphatic carbocycles. The fourth-order valence-corrected chi connectivity index (χ4v) is 3.52. The summed E-state index contributed by atoms with van der Waals surface area (Å²) in [4.78, 5) is 36.8. The lowest BCUT2D eigenvalue weighted by atomic mass is 10.1. The van der Waals surface area contributed by atoms with Crippen molar-refractivity contribution in [2.45, 2.75) is 26.8 Å². The van der Waals surface area contributed by atoms with E-state index in [0.717, 1.165) is 21.5 Å². The number of nitrogens with zero attached hydrogens (tertiary/aromatic N) is 1. The molecule has 3 aromatic rings. The molecule has 1 amide bonds. The first-order chi connectivity index (χ1) is 14.3. The number of furan rings is 1. The van der Waals surface area contributed by atoms with Crippen LogP contribution in [0.25, 0.3) is 5.69 Å². The molecule has 3 rings (SSSR count). The summed E-state index contributed by atoms with van der Waals surface area (Å²) in [6, 6.07) is 11.6. The van der Waals surface area contributed by atoms with Crippen molar-refractivity contribution >= 4 is 33.6 Å². The van der Waals surface area contributed by atoms with Crippen molar-refractivity contribution in [3.8, 4) is 5.69 Å². The Balaban J connectivity index is 1.64. The normalized spacial score (nSPS) is 11.7. The predicted molar refractivity (Wildman–Crippen MR) is 114 cm³/mol. The van der Waals surface area contributed by atoms with Crippen molar-refractivity contribution < 1.29 is 23.5 Å².